The van der Waals surface area contributed by atoms with E-state index < -0.39 is 0 Å². The first-order valence-electron chi connectivity index (χ1n) is 11.0. The van der Waals surface area contributed by atoms with Crippen LogP contribution in [0.5, 0.6) is 0 Å². The van der Waals surface area contributed by atoms with Gasteiger partial charge >= 0.3 is 0 Å². The topological polar surface area (TPSA) is 40.6 Å². The highest BCUT2D eigenvalue weighted by molar-refractivity contribution is 7.98. The monoisotopic (exact) mass is 428 g/mol. The first-order chi connectivity index (χ1) is 14.6. The molecule has 1 fully saturated rings. The van der Waals surface area contributed by atoms with Gasteiger partial charge in [-0.15, -0.1) is 0 Å². The lowest BCUT2D eigenvalue weighted by Crippen LogP contribution is -2.44. The fourth-order valence-electron chi connectivity index (χ4n) is 3.74. The highest BCUT2D eigenvalue weighted by Gasteiger charge is 2.27. The van der Waals surface area contributed by atoms with Gasteiger partial charge in [0.05, 0.1) is 0 Å². The van der Waals surface area contributed by atoms with Crippen LogP contribution in [0.2, 0.25) is 0 Å². The SMILES string of the molecule is CC(=O)N1CCCC(CN(C(=O)C2=CC=CC2)c2ccccc2)C1.CCCCSC. The van der Waals surface area contributed by atoms with Crippen molar-refractivity contribution in [1.29, 1.82) is 0 Å². The van der Waals surface area contributed by atoms with Crippen LogP contribution >= 0.6 is 11.8 Å². The van der Waals surface area contributed by atoms with E-state index in [9.17, 15) is 9.59 Å². The molecule has 5 heteroatoms. The summed E-state index contributed by atoms with van der Waals surface area (Å²) in [6, 6.07) is 9.83. The Balaban J connectivity index is 0.000000469. The number of unbranched alkanes of at least 4 members (excludes halogenated alkanes) is 1. The molecule has 2 aliphatic rings. The first-order valence-corrected chi connectivity index (χ1v) is 12.4. The van der Waals surface area contributed by atoms with Crippen LogP contribution in [0.25, 0.3) is 0 Å². The second-order valence-electron chi connectivity index (χ2n) is 7.90. The van der Waals surface area contributed by atoms with Crippen molar-refractivity contribution in [3.8, 4) is 0 Å². The molecular weight excluding hydrogens is 392 g/mol. The average molecular weight is 429 g/mol. The van der Waals surface area contributed by atoms with Gasteiger partial charge in [0.2, 0.25) is 5.91 Å². The number of nitrogens with zero attached hydrogens (tertiary/aromatic N) is 2. The molecule has 30 heavy (non-hydrogen) atoms. The summed E-state index contributed by atoms with van der Waals surface area (Å²) in [6.07, 6.45) is 13.5. The van der Waals surface area contributed by atoms with Crippen LogP contribution in [-0.2, 0) is 9.59 Å². The fourth-order valence-corrected chi connectivity index (χ4v) is 4.32. The Morgan fingerprint density at radius 2 is 2.00 bits per heavy atom. The van der Waals surface area contributed by atoms with E-state index >= 15 is 0 Å². The lowest BCUT2D eigenvalue weighted by Gasteiger charge is -2.35. The predicted molar refractivity (Wildman–Crippen MR) is 129 cm³/mol. The van der Waals surface area contributed by atoms with Gasteiger partial charge in [-0.3, -0.25) is 9.59 Å². The summed E-state index contributed by atoms with van der Waals surface area (Å²) in [4.78, 5) is 28.4. The van der Waals surface area contributed by atoms with Gasteiger partial charge in [-0.1, -0.05) is 49.8 Å². The summed E-state index contributed by atoms with van der Waals surface area (Å²) in [5.74, 6) is 1.85. The van der Waals surface area contributed by atoms with Crippen LogP contribution in [0.1, 0.15) is 46.0 Å². The number of anilines is 1. The molecule has 3 rings (SSSR count). The van der Waals surface area contributed by atoms with E-state index in [1.165, 1.54) is 18.6 Å². The van der Waals surface area contributed by atoms with Crippen molar-refractivity contribution in [2.24, 2.45) is 5.92 Å². The largest absolute Gasteiger partial charge is 0.343 e. The number of piperidine rings is 1. The molecular formula is C25H36N2O2S. The number of thioether (sulfide) groups is 1. The van der Waals surface area contributed by atoms with Gasteiger partial charge < -0.3 is 9.80 Å². The van der Waals surface area contributed by atoms with Gasteiger partial charge in [-0.05, 0) is 55.7 Å². The summed E-state index contributed by atoms with van der Waals surface area (Å²) in [5.41, 5.74) is 1.76. The van der Waals surface area contributed by atoms with E-state index in [0.29, 0.717) is 18.9 Å². The number of hydrogen-bond donors (Lipinski definition) is 0. The van der Waals surface area contributed by atoms with Crippen molar-refractivity contribution in [3.63, 3.8) is 0 Å². The lowest BCUT2D eigenvalue weighted by molar-refractivity contribution is -0.130. The molecule has 0 N–H and O–H groups in total. The molecule has 1 unspecified atom stereocenters. The molecule has 0 spiro atoms. The van der Waals surface area contributed by atoms with Crippen molar-refractivity contribution in [3.05, 3.63) is 54.1 Å². The quantitative estimate of drug-likeness (QED) is 0.552. The number of allylic oxidation sites excluding steroid dienone is 3. The van der Waals surface area contributed by atoms with Gasteiger partial charge in [0.15, 0.2) is 0 Å². The van der Waals surface area contributed by atoms with E-state index in [4.69, 9.17) is 0 Å². The molecule has 1 atom stereocenters. The zero-order valence-corrected chi connectivity index (χ0v) is 19.5. The maximum atomic E-state index is 13.0. The lowest BCUT2D eigenvalue weighted by atomic mass is 9.96. The van der Waals surface area contributed by atoms with E-state index in [2.05, 4.69) is 13.2 Å². The zero-order valence-electron chi connectivity index (χ0n) is 18.7. The maximum absolute atomic E-state index is 13.0. The minimum Gasteiger partial charge on any atom is -0.343 e. The third-order valence-corrected chi connectivity index (χ3v) is 6.16. The summed E-state index contributed by atoms with van der Waals surface area (Å²) in [6.45, 7) is 6.07. The van der Waals surface area contributed by atoms with E-state index in [1.54, 1.807) is 6.92 Å². The fraction of sp³-hybridized carbons (Fsp3) is 0.520. The van der Waals surface area contributed by atoms with Crippen molar-refractivity contribution in [2.45, 2.75) is 46.0 Å². The van der Waals surface area contributed by atoms with Crippen LogP contribution in [0.15, 0.2) is 54.1 Å². The zero-order chi connectivity index (χ0) is 21.8. The molecule has 2 amide bonds. The van der Waals surface area contributed by atoms with Crippen molar-refractivity contribution >= 4 is 29.3 Å². The molecule has 1 aliphatic carbocycles. The van der Waals surface area contributed by atoms with Crippen LogP contribution in [0.3, 0.4) is 0 Å². The molecule has 1 aromatic rings. The molecule has 0 aromatic heterocycles. The molecule has 1 heterocycles. The third kappa shape index (κ3) is 7.67. The molecule has 164 valence electrons. The molecule has 4 nitrogen and oxygen atoms in total. The van der Waals surface area contributed by atoms with E-state index in [1.807, 2.05) is 70.1 Å². The smallest absolute Gasteiger partial charge is 0.254 e. The Hall–Kier alpha value is -2.01. The van der Waals surface area contributed by atoms with Gasteiger partial charge in [0.1, 0.15) is 0 Å². The van der Waals surface area contributed by atoms with Crippen LogP contribution in [-0.4, -0.2) is 48.4 Å². The molecule has 1 saturated heterocycles. The number of para-hydroxylation sites is 1. The Morgan fingerprint density at radius 3 is 2.57 bits per heavy atom. The number of benzene rings is 1. The Bertz CT molecular complexity index is 726. The second kappa shape index (κ2) is 13.3. The van der Waals surface area contributed by atoms with E-state index in [0.717, 1.165) is 37.2 Å². The van der Waals surface area contributed by atoms with Crippen molar-refractivity contribution in [1.82, 2.24) is 4.90 Å². The molecule has 1 aromatic carbocycles. The number of amides is 2. The van der Waals surface area contributed by atoms with Crippen LogP contribution in [0.4, 0.5) is 5.69 Å². The van der Waals surface area contributed by atoms with Gasteiger partial charge in [0, 0.05) is 37.8 Å². The van der Waals surface area contributed by atoms with E-state index in [-0.39, 0.29) is 11.8 Å². The molecule has 0 saturated carbocycles. The van der Waals surface area contributed by atoms with Gasteiger partial charge in [-0.2, -0.15) is 11.8 Å². The number of carbonyl (C=O) groups excluding carboxylic acids is 2. The first kappa shape index (κ1) is 24.3. The summed E-state index contributed by atoms with van der Waals surface area (Å²) in [7, 11) is 0. The normalized spacial score (nSPS) is 17.8. The molecule has 0 bridgehead atoms. The number of carbonyl (C=O) groups is 2. The number of hydrogen-bond acceptors (Lipinski definition) is 3. The Morgan fingerprint density at radius 1 is 1.23 bits per heavy atom. The molecule has 1 aliphatic heterocycles. The minimum absolute atomic E-state index is 0.0751. The van der Waals surface area contributed by atoms with Crippen LogP contribution in [0, 0.1) is 5.92 Å². The highest BCUT2D eigenvalue weighted by Crippen LogP contribution is 2.25. The summed E-state index contributed by atoms with van der Waals surface area (Å²) < 4.78 is 0. The average Bonchev–Trinajstić information content (AvgIpc) is 3.32. The maximum Gasteiger partial charge on any atom is 0.254 e. The van der Waals surface area contributed by atoms with Crippen molar-refractivity contribution in [2.75, 3.05) is 36.5 Å². The Labute approximate surface area is 186 Å². The number of rotatable bonds is 7. The highest BCUT2D eigenvalue weighted by atomic mass is 32.2. The van der Waals surface area contributed by atoms with Crippen molar-refractivity contribution < 1.29 is 9.59 Å². The minimum atomic E-state index is 0.0751. The third-order valence-electron chi connectivity index (χ3n) is 5.47. The number of likely N-dealkylation sites (tertiary alicyclic amines) is 1. The van der Waals surface area contributed by atoms with Gasteiger partial charge in [-0.25, -0.2) is 0 Å². The Kier molecular flexibility index (Phi) is 10.8. The summed E-state index contributed by atoms with van der Waals surface area (Å²) in [5, 5.41) is 0. The molecule has 0 radical (unpaired) electrons. The summed E-state index contributed by atoms with van der Waals surface area (Å²) >= 11 is 1.93. The van der Waals surface area contributed by atoms with Crippen LogP contribution < -0.4 is 4.90 Å². The van der Waals surface area contributed by atoms with Gasteiger partial charge in [0.25, 0.3) is 5.91 Å². The standard InChI is InChI=1S/C20H24N2O2.C5H12S/c1-16(23)21-13-7-8-17(14-21)15-22(19-11-3-2-4-12-19)20(24)18-9-5-6-10-18;1-3-4-5-6-2/h2-6,9,11-12,17H,7-8,10,13-15H2,1H3;3-5H2,1-2H3. The predicted octanol–water partition coefficient (Wildman–Crippen LogP) is 5.31. The second-order valence-corrected chi connectivity index (χ2v) is 8.88.